The van der Waals surface area contributed by atoms with Crippen molar-refractivity contribution in [1.82, 2.24) is 14.5 Å². The first kappa shape index (κ1) is 18.2. The van der Waals surface area contributed by atoms with E-state index in [4.69, 9.17) is 11.6 Å². The molecular weight excluding hydrogens is 338 g/mol. The van der Waals surface area contributed by atoms with Gasteiger partial charge in [0.15, 0.2) is 0 Å². The fraction of sp³-hybridized carbons (Fsp3) is 0.533. The van der Waals surface area contributed by atoms with E-state index in [0.717, 1.165) is 12.1 Å². The molecule has 1 saturated heterocycles. The van der Waals surface area contributed by atoms with E-state index in [0.29, 0.717) is 44.2 Å². The first-order valence-corrected chi connectivity index (χ1v) is 9.76. The molecule has 1 aromatic rings. The number of carbonyl (C=O) groups excluding carboxylic acids is 1. The number of carbonyl (C=O) groups is 1. The van der Waals surface area contributed by atoms with Crippen LogP contribution in [0.15, 0.2) is 24.3 Å². The molecular formula is C15H22ClN3O3S. The number of benzene rings is 1. The quantitative estimate of drug-likeness (QED) is 0.806. The molecule has 1 heterocycles. The number of halogens is 1. The van der Waals surface area contributed by atoms with E-state index in [-0.39, 0.29) is 5.91 Å². The third-order valence-corrected chi connectivity index (χ3v) is 5.38. The normalized spacial score (nSPS) is 17.1. The van der Waals surface area contributed by atoms with Crippen molar-refractivity contribution in [3.05, 3.63) is 34.9 Å². The van der Waals surface area contributed by atoms with Crippen LogP contribution in [0.2, 0.25) is 5.02 Å². The zero-order chi connectivity index (χ0) is 16.9. The fourth-order valence-corrected chi connectivity index (χ4v) is 3.44. The Kier molecular flexibility index (Phi) is 6.41. The summed E-state index contributed by atoms with van der Waals surface area (Å²) in [7, 11) is -3.09. The largest absolute Gasteiger partial charge is 0.355 e. The van der Waals surface area contributed by atoms with Crippen molar-refractivity contribution in [2.75, 3.05) is 45.5 Å². The SMILES string of the molecule is CS(=O)(=O)N1CCN(CCNC(=O)Cc2ccc(Cl)cc2)CC1. The fourth-order valence-electron chi connectivity index (χ4n) is 2.49. The second-order valence-electron chi connectivity index (χ2n) is 5.66. The predicted octanol–water partition coefficient (Wildman–Crippen LogP) is 0.576. The molecule has 1 fully saturated rings. The summed E-state index contributed by atoms with van der Waals surface area (Å²) in [5.74, 6) is -0.0258. The summed E-state index contributed by atoms with van der Waals surface area (Å²) in [6.07, 6.45) is 1.57. The van der Waals surface area contributed by atoms with Crippen molar-refractivity contribution in [3.63, 3.8) is 0 Å². The van der Waals surface area contributed by atoms with Crippen LogP contribution in [0, 0.1) is 0 Å². The topological polar surface area (TPSA) is 69.7 Å². The molecule has 0 radical (unpaired) electrons. The molecule has 8 heteroatoms. The van der Waals surface area contributed by atoms with Gasteiger partial charge in [0.1, 0.15) is 0 Å². The molecule has 23 heavy (non-hydrogen) atoms. The molecule has 128 valence electrons. The van der Waals surface area contributed by atoms with Crippen molar-refractivity contribution in [2.24, 2.45) is 0 Å². The van der Waals surface area contributed by atoms with E-state index in [1.165, 1.54) is 10.6 Å². The third-order valence-electron chi connectivity index (χ3n) is 3.83. The molecule has 0 spiro atoms. The lowest BCUT2D eigenvalue weighted by atomic mass is 10.1. The highest BCUT2D eigenvalue weighted by Gasteiger charge is 2.22. The van der Waals surface area contributed by atoms with Gasteiger partial charge in [-0.15, -0.1) is 0 Å². The van der Waals surface area contributed by atoms with Gasteiger partial charge in [-0.3, -0.25) is 9.69 Å². The van der Waals surface area contributed by atoms with Gasteiger partial charge in [-0.2, -0.15) is 4.31 Å². The number of amides is 1. The smallest absolute Gasteiger partial charge is 0.224 e. The highest BCUT2D eigenvalue weighted by Crippen LogP contribution is 2.10. The summed E-state index contributed by atoms with van der Waals surface area (Å²) in [5, 5.41) is 3.54. The molecule has 0 unspecified atom stereocenters. The van der Waals surface area contributed by atoms with Gasteiger partial charge in [-0.25, -0.2) is 8.42 Å². The summed E-state index contributed by atoms with van der Waals surface area (Å²) in [6, 6.07) is 7.22. The Morgan fingerprint density at radius 1 is 1.17 bits per heavy atom. The van der Waals surface area contributed by atoms with Crippen LogP contribution in [0.1, 0.15) is 5.56 Å². The zero-order valence-corrected chi connectivity index (χ0v) is 14.7. The number of piperazine rings is 1. The van der Waals surface area contributed by atoms with E-state index in [1.807, 2.05) is 12.1 Å². The van der Waals surface area contributed by atoms with Crippen LogP contribution in [0.5, 0.6) is 0 Å². The Balaban J connectivity index is 1.65. The predicted molar refractivity (Wildman–Crippen MR) is 91.0 cm³/mol. The van der Waals surface area contributed by atoms with Crippen LogP contribution < -0.4 is 5.32 Å². The maximum absolute atomic E-state index is 11.9. The molecule has 0 bridgehead atoms. The Morgan fingerprint density at radius 2 is 1.78 bits per heavy atom. The summed E-state index contributed by atoms with van der Waals surface area (Å²) in [5.41, 5.74) is 0.925. The average Bonchev–Trinajstić information content (AvgIpc) is 2.49. The average molecular weight is 360 g/mol. The highest BCUT2D eigenvalue weighted by atomic mass is 35.5. The van der Waals surface area contributed by atoms with Crippen molar-refractivity contribution in [3.8, 4) is 0 Å². The maximum atomic E-state index is 11.9. The van der Waals surface area contributed by atoms with E-state index in [9.17, 15) is 13.2 Å². The van der Waals surface area contributed by atoms with Crippen molar-refractivity contribution < 1.29 is 13.2 Å². The molecule has 1 amide bonds. The standard InChI is InChI=1S/C15H22ClN3O3S/c1-23(21,22)19-10-8-18(9-11-19)7-6-17-15(20)12-13-2-4-14(16)5-3-13/h2-5H,6-12H2,1H3,(H,17,20). The summed E-state index contributed by atoms with van der Waals surface area (Å²) in [6.45, 7) is 3.70. The van der Waals surface area contributed by atoms with Crippen LogP contribution in [0.3, 0.4) is 0 Å². The molecule has 6 nitrogen and oxygen atoms in total. The van der Waals surface area contributed by atoms with Gasteiger partial charge in [0, 0.05) is 44.3 Å². The number of hydrogen-bond acceptors (Lipinski definition) is 4. The molecule has 1 aromatic carbocycles. The van der Waals surface area contributed by atoms with E-state index in [1.54, 1.807) is 12.1 Å². The second-order valence-corrected chi connectivity index (χ2v) is 8.08. The molecule has 0 aromatic heterocycles. The number of nitrogens with one attached hydrogen (secondary N) is 1. The van der Waals surface area contributed by atoms with Gasteiger partial charge in [-0.1, -0.05) is 23.7 Å². The van der Waals surface area contributed by atoms with Crippen LogP contribution in [-0.4, -0.2) is 69.1 Å². The molecule has 1 aliphatic heterocycles. The monoisotopic (exact) mass is 359 g/mol. The lowest BCUT2D eigenvalue weighted by Gasteiger charge is -2.33. The third kappa shape index (κ3) is 6.10. The first-order valence-electron chi connectivity index (χ1n) is 7.53. The van der Waals surface area contributed by atoms with Crippen molar-refractivity contribution in [1.29, 1.82) is 0 Å². The maximum Gasteiger partial charge on any atom is 0.224 e. The van der Waals surface area contributed by atoms with Gasteiger partial charge in [-0.05, 0) is 17.7 Å². The Morgan fingerprint density at radius 3 is 2.35 bits per heavy atom. The second kappa shape index (κ2) is 8.10. The van der Waals surface area contributed by atoms with E-state index in [2.05, 4.69) is 10.2 Å². The zero-order valence-electron chi connectivity index (χ0n) is 13.2. The summed E-state index contributed by atoms with van der Waals surface area (Å²) >= 11 is 5.81. The summed E-state index contributed by atoms with van der Waals surface area (Å²) in [4.78, 5) is 14.0. The molecule has 0 saturated carbocycles. The molecule has 1 aliphatic rings. The number of rotatable bonds is 6. The minimum absolute atomic E-state index is 0.0258. The van der Waals surface area contributed by atoms with E-state index < -0.39 is 10.0 Å². The molecule has 2 rings (SSSR count). The first-order chi connectivity index (χ1) is 10.8. The number of hydrogen-bond donors (Lipinski definition) is 1. The lowest BCUT2D eigenvalue weighted by Crippen LogP contribution is -2.49. The molecule has 1 N–H and O–H groups in total. The van der Waals surface area contributed by atoms with Gasteiger partial charge < -0.3 is 5.32 Å². The van der Waals surface area contributed by atoms with Crippen molar-refractivity contribution in [2.45, 2.75) is 6.42 Å². The lowest BCUT2D eigenvalue weighted by molar-refractivity contribution is -0.120. The van der Waals surface area contributed by atoms with Crippen LogP contribution >= 0.6 is 11.6 Å². The number of nitrogens with zero attached hydrogens (tertiary/aromatic N) is 2. The number of sulfonamides is 1. The van der Waals surface area contributed by atoms with Crippen molar-refractivity contribution >= 4 is 27.5 Å². The minimum Gasteiger partial charge on any atom is -0.355 e. The Labute approximate surface area is 142 Å². The van der Waals surface area contributed by atoms with E-state index >= 15 is 0 Å². The van der Waals surface area contributed by atoms with Gasteiger partial charge >= 0.3 is 0 Å². The molecule has 0 atom stereocenters. The minimum atomic E-state index is -3.09. The van der Waals surface area contributed by atoms with Crippen LogP contribution in [-0.2, 0) is 21.2 Å². The van der Waals surface area contributed by atoms with Gasteiger partial charge in [0.2, 0.25) is 15.9 Å². The van der Waals surface area contributed by atoms with Gasteiger partial charge in [0.05, 0.1) is 12.7 Å². The molecule has 0 aliphatic carbocycles. The van der Waals surface area contributed by atoms with Gasteiger partial charge in [0.25, 0.3) is 0 Å². The van der Waals surface area contributed by atoms with Crippen LogP contribution in [0.25, 0.3) is 0 Å². The Hall–Kier alpha value is -1.15. The Bertz CT molecular complexity index is 626. The highest BCUT2D eigenvalue weighted by molar-refractivity contribution is 7.88. The summed E-state index contributed by atoms with van der Waals surface area (Å²) < 4.78 is 24.4. The van der Waals surface area contributed by atoms with Crippen LogP contribution in [0.4, 0.5) is 0 Å².